The Balaban J connectivity index is 2.97. The van der Waals surface area contributed by atoms with Gasteiger partial charge in [0.1, 0.15) is 6.33 Å². The van der Waals surface area contributed by atoms with Crippen LogP contribution in [0, 0.1) is 5.92 Å². The van der Waals surface area contributed by atoms with Crippen molar-refractivity contribution in [1.82, 2.24) is 9.97 Å². The van der Waals surface area contributed by atoms with Crippen molar-refractivity contribution in [3.8, 4) is 5.75 Å². The normalized spacial score (nSPS) is 12.4. The summed E-state index contributed by atoms with van der Waals surface area (Å²) >= 11 is 0. The van der Waals surface area contributed by atoms with E-state index in [9.17, 15) is 5.11 Å². The fourth-order valence-electron chi connectivity index (χ4n) is 1.37. The lowest BCUT2D eigenvalue weighted by Gasteiger charge is -2.22. The number of anilines is 2. The SMILES string of the molecule is COc1c(NN)ncnc1N[C@H](CO)C(C)C. The maximum atomic E-state index is 9.26. The van der Waals surface area contributed by atoms with Crippen LogP contribution in [-0.2, 0) is 0 Å². The number of aromatic nitrogens is 2. The molecule has 0 unspecified atom stereocenters. The van der Waals surface area contributed by atoms with Crippen molar-refractivity contribution in [2.24, 2.45) is 11.8 Å². The van der Waals surface area contributed by atoms with Crippen molar-refractivity contribution in [3.63, 3.8) is 0 Å². The van der Waals surface area contributed by atoms with Crippen LogP contribution in [-0.4, -0.2) is 34.8 Å². The van der Waals surface area contributed by atoms with Crippen molar-refractivity contribution in [3.05, 3.63) is 6.33 Å². The van der Waals surface area contributed by atoms with E-state index >= 15 is 0 Å². The minimum absolute atomic E-state index is 0.0101. The fourth-order valence-corrected chi connectivity index (χ4v) is 1.37. The third kappa shape index (κ3) is 3.18. The van der Waals surface area contributed by atoms with Gasteiger partial charge in [0.2, 0.25) is 5.75 Å². The minimum Gasteiger partial charge on any atom is -0.490 e. The number of nitrogens with one attached hydrogen (secondary N) is 2. The molecule has 1 atom stereocenters. The summed E-state index contributed by atoms with van der Waals surface area (Å²) in [6, 6.07) is -0.107. The van der Waals surface area contributed by atoms with Gasteiger partial charge in [0.25, 0.3) is 0 Å². The van der Waals surface area contributed by atoms with Gasteiger partial charge in [0.05, 0.1) is 19.8 Å². The molecule has 0 aromatic carbocycles. The number of hydrazine groups is 1. The van der Waals surface area contributed by atoms with Crippen molar-refractivity contribution >= 4 is 11.6 Å². The molecule has 5 N–H and O–H groups in total. The van der Waals surface area contributed by atoms with Crippen LogP contribution in [0.4, 0.5) is 11.6 Å². The second-order valence-corrected chi connectivity index (χ2v) is 3.93. The molecular weight excluding hydrogens is 222 g/mol. The van der Waals surface area contributed by atoms with E-state index in [4.69, 9.17) is 10.6 Å². The van der Waals surface area contributed by atoms with Gasteiger partial charge in [-0.1, -0.05) is 13.8 Å². The number of methoxy groups -OCH3 is 1. The van der Waals surface area contributed by atoms with Gasteiger partial charge >= 0.3 is 0 Å². The highest BCUT2D eigenvalue weighted by Crippen LogP contribution is 2.29. The number of nitrogens with zero attached hydrogens (tertiary/aromatic N) is 2. The Hall–Kier alpha value is -1.60. The fraction of sp³-hybridized carbons (Fsp3) is 0.600. The van der Waals surface area contributed by atoms with Gasteiger partial charge in [-0.15, -0.1) is 0 Å². The smallest absolute Gasteiger partial charge is 0.205 e. The van der Waals surface area contributed by atoms with E-state index in [0.29, 0.717) is 17.4 Å². The second kappa shape index (κ2) is 6.21. The number of aliphatic hydroxyl groups is 1. The van der Waals surface area contributed by atoms with Gasteiger partial charge in [-0.05, 0) is 5.92 Å². The molecule has 0 radical (unpaired) electrons. The zero-order chi connectivity index (χ0) is 12.8. The first-order valence-electron chi connectivity index (χ1n) is 5.37. The number of hydrogen-bond donors (Lipinski definition) is 4. The Morgan fingerprint density at radius 3 is 2.53 bits per heavy atom. The molecule has 1 aromatic rings. The molecule has 0 bridgehead atoms. The second-order valence-electron chi connectivity index (χ2n) is 3.93. The number of ether oxygens (including phenoxy) is 1. The van der Waals surface area contributed by atoms with Crippen molar-refractivity contribution in [2.45, 2.75) is 19.9 Å². The molecule has 1 rings (SSSR count). The molecule has 0 amide bonds. The predicted molar refractivity (Wildman–Crippen MR) is 65.7 cm³/mol. The first kappa shape index (κ1) is 13.5. The largest absolute Gasteiger partial charge is 0.490 e. The van der Waals surface area contributed by atoms with Crippen molar-refractivity contribution in [1.29, 1.82) is 0 Å². The summed E-state index contributed by atoms with van der Waals surface area (Å²) in [5, 5.41) is 12.4. The Morgan fingerprint density at radius 1 is 1.41 bits per heavy atom. The molecule has 7 heteroatoms. The third-order valence-corrected chi connectivity index (χ3v) is 2.47. The molecule has 17 heavy (non-hydrogen) atoms. The lowest BCUT2D eigenvalue weighted by molar-refractivity contribution is 0.248. The predicted octanol–water partition coefficient (Wildman–Crippen LogP) is 0.200. The van der Waals surface area contributed by atoms with E-state index in [1.165, 1.54) is 13.4 Å². The topological polar surface area (TPSA) is 105 Å². The zero-order valence-electron chi connectivity index (χ0n) is 10.3. The van der Waals surface area contributed by atoms with Gasteiger partial charge in [-0.3, -0.25) is 0 Å². The highest BCUT2D eigenvalue weighted by molar-refractivity contribution is 5.63. The average molecular weight is 241 g/mol. The Labute approximate surface area is 100 Å². The van der Waals surface area contributed by atoms with Gasteiger partial charge in [-0.2, -0.15) is 0 Å². The summed E-state index contributed by atoms with van der Waals surface area (Å²) in [5.41, 5.74) is 2.43. The van der Waals surface area contributed by atoms with Gasteiger partial charge in [-0.25, -0.2) is 15.8 Å². The summed E-state index contributed by atoms with van der Waals surface area (Å²) in [7, 11) is 1.51. The van der Waals surface area contributed by atoms with Crippen molar-refractivity contribution in [2.75, 3.05) is 24.5 Å². The van der Waals surface area contributed by atoms with Crippen LogP contribution < -0.4 is 21.3 Å². The first-order valence-corrected chi connectivity index (χ1v) is 5.37. The van der Waals surface area contributed by atoms with Crippen LogP contribution in [0.25, 0.3) is 0 Å². The summed E-state index contributed by atoms with van der Waals surface area (Å²) in [6.07, 6.45) is 1.37. The van der Waals surface area contributed by atoms with Crippen LogP contribution in [0.3, 0.4) is 0 Å². The molecule has 0 aliphatic rings. The minimum atomic E-state index is -0.107. The Morgan fingerprint density at radius 2 is 2.06 bits per heavy atom. The first-order chi connectivity index (χ1) is 8.13. The molecular formula is C10H19N5O2. The highest BCUT2D eigenvalue weighted by Gasteiger charge is 2.17. The lowest BCUT2D eigenvalue weighted by atomic mass is 10.1. The number of rotatable bonds is 6. The van der Waals surface area contributed by atoms with E-state index < -0.39 is 0 Å². The summed E-state index contributed by atoms with van der Waals surface area (Å²) in [4.78, 5) is 8.01. The molecule has 1 aromatic heterocycles. The number of hydrogen-bond acceptors (Lipinski definition) is 7. The van der Waals surface area contributed by atoms with Crippen LogP contribution in [0.1, 0.15) is 13.8 Å². The maximum absolute atomic E-state index is 9.26. The molecule has 7 nitrogen and oxygen atoms in total. The van der Waals surface area contributed by atoms with Crippen LogP contribution in [0.2, 0.25) is 0 Å². The quantitative estimate of drug-likeness (QED) is 0.416. The number of nitrogens with two attached hydrogens (primary N) is 1. The summed E-state index contributed by atoms with van der Waals surface area (Å²) in [5.74, 6) is 6.90. The van der Waals surface area contributed by atoms with Crippen LogP contribution >= 0.6 is 0 Å². The number of aliphatic hydroxyl groups excluding tert-OH is 1. The van der Waals surface area contributed by atoms with E-state index in [2.05, 4.69) is 20.7 Å². The van der Waals surface area contributed by atoms with Gasteiger partial charge < -0.3 is 20.6 Å². The van der Waals surface area contributed by atoms with Gasteiger partial charge in [0.15, 0.2) is 11.6 Å². The maximum Gasteiger partial charge on any atom is 0.205 e. The molecule has 1 heterocycles. The third-order valence-electron chi connectivity index (χ3n) is 2.47. The Kier molecular flexibility index (Phi) is 4.92. The molecule has 0 saturated carbocycles. The van der Waals surface area contributed by atoms with E-state index in [-0.39, 0.29) is 18.6 Å². The molecule has 0 saturated heterocycles. The molecule has 0 fully saturated rings. The lowest BCUT2D eigenvalue weighted by Crippen LogP contribution is -2.30. The van der Waals surface area contributed by atoms with E-state index in [1.807, 2.05) is 13.8 Å². The Bertz CT molecular complexity index is 359. The monoisotopic (exact) mass is 241 g/mol. The molecule has 0 aliphatic carbocycles. The van der Waals surface area contributed by atoms with E-state index in [0.717, 1.165) is 0 Å². The highest BCUT2D eigenvalue weighted by atomic mass is 16.5. The number of nitrogen functional groups attached to an aromatic ring is 1. The molecule has 0 spiro atoms. The summed E-state index contributed by atoms with van der Waals surface area (Å²) in [6.45, 7) is 4.02. The average Bonchev–Trinajstić information content (AvgIpc) is 2.34. The van der Waals surface area contributed by atoms with E-state index in [1.54, 1.807) is 0 Å². The molecule has 96 valence electrons. The summed E-state index contributed by atoms with van der Waals surface area (Å²) < 4.78 is 5.18. The molecule has 0 aliphatic heterocycles. The van der Waals surface area contributed by atoms with Crippen molar-refractivity contribution < 1.29 is 9.84 Å². The van der Waals surface area contributed by atoms with Gasteiger partial charge in [0, 0.05) is 0 Å². The van der Waals surface area contributed by atoms with Crippen LogP contribution in [0.15, 0.2) is 6.33 Å². The standard InChI is InChI=1S/C10H19N5O2/c1-6(2)7(4-16)14-9-8(17-3)10(15-11)13-5-12-9/h5-7,16H,4,11H2,1-3H3,(H2,12,13,14,15)/t7-/m1/s1. The zero-order valence-corrected chi connectivity index (χ0v) is 10.3. The van der Waals surface area contributed by atoms with Crippen LogP contribution in [0.5, 0.6) is 5.75 Å².